The molecule has 94 valence electrons. The Hall–Kier alpha value is -0.320. The van der Waals surface area contributed by atoms with Gasteiger partial charge in [0, 0.05) is 17.8 Å². The molecule has 1 rings (SSSR count). The van der Waals surface area contributed by atoms with Crippen molar-refractivity contribution in [3.63, 3.8) is 0 Å². The predicted octanol–water partition coefficient (Wildman–Crippen LogP) is 2.98. The van der Waals surface area contributed by atoms with Gasteiger partial charge in [-0.3, -0.25) is 0 Å². The van der Waals surface area contributed by atoms with E-state index in [9.17, 15) is 9.18 Å². The summed E-state index contributed by atoms with van der Waals surface area (Å²) < 4.78 is 18.8. The van der Waals surface area contributed by atoms with E-state index in [1.807, 2.05) is 20.8 Å². The van der Waals surface area contributed by atoms with Crippen LogP contribution >= 0.6 is 15.9 Å². The van der Waals surface area contributed by atoms with Gasteiger partial charge in [0.25, 0.3) is 0 Å². The second-order valence-corrected chi connectivity index (χ2v) is 5.79. The Labute approximate surface area is 104 Å². The number of carbonyl (C=O) groups excluding carboxylic acids is 1. The Morgan fingerprint density at radius 3 is 2.62 bits per heavy atom. The van der Waals surface area contributed by atoms with Crippen LogP contribution in [0.25, 0.3) is 0 Å². The molecule has 2 atom stereocenters. The Morgan fingerprint density at radius 2 is 2.19 bits per heavy atom. The summed E-state index contributed by atoms with van der Waals surface area (Å²) >= 11 is 3.28. The molecule has 0 saturated carbocycles. The highest BCUT2D eigenvalue weighted by Gasteiger charge is 2.32. The summed E-state index contributed by atoms with van der Waals surface area (Å²) in [7, 11) is 0. The third kappa shape index (κ3) is 3.92. The van der Waals surface area contributed by atoms with Crippen LogP contribution < -0.4 is 0 Å². The van der Waals surface area contributed by atoms with Gasteiger partial charge < -0.3 is 9.64 Å². The number of nitrogens with zero attached hydrogens (tertiary/aromatic N) is 1. The molecule has 1 saturated heterocycles. The standard InChI is InChI=1S/C11H19BrFNO2/c1-11(2,3)16-10(15)14-5-4-8(6-12)9(13)7-14/h8-9H,4-7H2,1-3H3. The zero-order valence-corrected chi connectivity index (χ0v) is 11.6. The number of amides is 1. The summed E-state index contributed by atoms with van der Waals surface area (Å²) in [5, 5.41) is 0.649. The number of halogens is 2. The first kappa shape index (κ1) is 13.7. The molecule has 0 spiro atoms. The Kier molecular flexibility index (Phi) is 4.59. The highest BCUT2D eigenvalue weighted by atomic mass is 79.9. The van der Waals surface area contributed by atoms with E-state index in [1.54, 1.807) is 0 Å². The van der Waals surface area contributed by atoms with Crippen LogP contribution in [0.4, 0.5) is 9.18 Å². The lowest BCUT2D eigenvalue weighted by Gasteiger charge is -2.34. The van der Waals surface area contributed by atoms with E-state index < -0.39 is 17.9 Å². The van der Waals surface area contributed by atoms with E-state index in [1.165, 1.54) is 4.90 Å². The molecule has 1 heterocycles. The summed E-state index contributed by atoms with van der Waals surface area (Å²) in [5.74, 6) is 0.0127. The van der Waals surface area contributed by atoms with Crippen molar-refractivity contribution in [1.29, 1.82) is 0 Å². The molecule has 1 aliphatic rings. The molecule has 0 aliphatic carbocycles. The fourth-order valence-corrected chi connectivity index (χ4v) is 2.35. The lowest BCUT2D eigenvalue weighted by molar-refractivity contribution is 0.00755. The summed E-state index contributed by atoms with van der Waals surface area (Å²) in [5.41, 5.74) is -0.519. The third-order valence-corrected chi connectivity index (χ3v) is 3.36. The summed E-state index contributed by atoms with van der Waals surface area (Å²) in [6.45, 7) is 6.14. The van der Waals surface area contributed by atoms with Gasteiger partial charge >= 0.3 is 6.09 Å². The smallest absolute Gasteiger partial charge is 0.410 e. The van der Waals surface area contributed by atoms with Crippen LogP contribution in [0, 0.1) is 5.92 Å². The van der Waals surface area contributed by atoms with Crippen LogP contribution in [-0.4, -0.2) is 41.2 Å². The number of ether oxygens (including phenoxy) is 1. The van der Waals surface area contributed by atoms with Gasteiger partial charge in [-0.2, -0.15) is 0 Å². The Morgan fingerprint density at radius 1 is 1.56 bits per heavy atom. The average molecular weight is 296 g/mol. The highest BCUT2D eigenvalue weighted by Crippen LogP contribution is 2.23. The first-order chi connectivity index (χ1) is 7.33. The molecule has 1 fully saturated rings. The molecule has 0 N–H and O–H groups in total. The number of rotatable bonds is 1. The molecule has 0 aromatic rings. The topological polar surface area (TPSA) is 29.5 Å². The van der Waals surface area contributed by atoms with E-state index >= 15 is 0 Å². The Balaban J connectivity index is 2.48. The van der Waals surface area contributed by atoms with Gasteiger partial charge in [0.1, 0.15) is 11.8 Å². The fourth-order valence-electron chi connectivity index (χ4n) is 1.62. The lowest BCUT2D eigenvalue weighted by Crippen LogP contribution is -2.47. The van der Waals surface area contributed by atoms with Crippen molar-refractivity contribution in [1.82, 2.24) is 4.90 Å². The normalized spacial score (nSPS) is 26.7. The predicted molar refractivity (Wildman–Crippen MR) is 64.6 cm³/mol. The first-order valence-electron chi connectivity index (χ1n) is 5.51. The molecule has 0 bridgehead atoms. The zero-order valence-electron chi connectivity index (χ0n) is 10.0. The van der Waals surface area contributed by atoms with Crippen LogP contribution in [-0.2, 0) is 4.74 Å². The number of hydrogen-bond donors (Lipinski definition) is 0. The van der Waals surface area contributed by atoms with Crippen LogP contribution in [0.3, 0.4) is 0 Å². The highest BCUT2D eigenvalue weighted by molar-refractivity contribution is 9.09. The second-order valence-electron chi connectivity index (χ2n) is 5.15. The molecule has 0 radical (unpaired) electrons. The van der Waals surface area contributed by atoms with Gasteiger partial charge in [-0.1, -0.05) is 15.9 Å². The van der Waals surface area contributed by atoms with Crippen LogP contribution in [0.5, 0.6) is 0 Å². The molecule has 2 unspecified atom stereocenters. The van der Waals surface area contributed by atoms with E-state index in [-0.39, 0.29) is 12.5 Å². The minimum Gasteiger partial charge on any atom is -0.444 e. The number of carbonyl (C=O) groups is 1. The van der Waals surface area contributed by atoms with E-state index in [0.717, 1.165) is 0 Å². The SMILES string of the molecule is CC(C)(C)OC(=O)N1CCC(CBr)C(F)C1. The lowest BCUT2D eigenvalue weighted by atomic mass is 9.97. The van der Waals surface area contributed by atoms with Gasteiger partial charge in [0.05, 0.1) is 6.54 Å². The molecule has 3 nitrogen and oxygen atoms in total. The van der Waals surface area contributed by atoms with Crippen molar-refractivity contribution < 1.29 is 13.9 Å². The quantitative estimate of drug-likeness (QED) is 0.696. The van der Waals surface area contributed by atoms with Gasteiger partial charge in [0.15, 0.2) is 0 Å². The number of piperidine rings is 1. The van der Waals surface area contributed by atoms with Crippen molar-refractivity contribution in [2.45, 2.75) is 39.0 Å². The number of alkyl halides is 2. The second kappa shape index (κ2) is 5.34. The van der Waals surface area contributed by atoms with Gasteiger partial charge in [-0.15, -0.1) is 0 Å². The van der Waals surface area contributed by atoms with Crippen molar-refractivity contribution in [3.05, 3.63) is 0 Å². The van der Waals surface area contributed by atoms with Crippen molar-refractivity contribution in [3.8, 4) is 0 Å². The fraction of sp³-hybridized carbons (Fsp3) is 0.909. The molecule has 1 aliphatic heterocycles. The van der Waals surface area contributed by atoms with Crippen molar-refractivity contribution >= 4 is 22.0 Å². The maximum absolute atomic E-state index is 13.6. The monoisotopic (exact) mass is 295 g/mol. The maximum atomic E-state index is 13.6. The maximum Gasteiger partial charge on any atom is 0.410 e. The zero-order chi connectivity index (χ0) is 12.3. The van der Waals surface area contributed by atoms with Crippen molar-refractivity contribution in [2.24, 2.45) is 5.92 Å². The summed E-state index contributed by atoms with van der Waals surface area (Å²) in [6, 6.07) is 0. The van der Waals surface area contributed by atoms with Crippen molar-refractivity contribution in [2.75, 3.05) is 18.4 Å². The third-order valence-electron chi connectivity index (χ3n) is 2.53. The van der Waals surface area contributed by atoms with Crippen LogP contribution in [0.2, 0.25) is 0 Å². The minimum absolute atomic E-state index is 0.0127. The van der Waals surface area contributed by atoms with E-state index in [4.69, 9.17) is 4.74 Å². The minimum atomic E-state index is -0.958. The van der Waals surface area contributed by atoms with Gasteiger partial charge in [-0.25, -0.2) is 9.18 Å². The van der Waals surface area contributed by atoms with Crippen LogP contribution in [0.1, 0.15) is 27.2 Å². The number of hydrogen-bond acceptors (Lipinski definition) is 2. The van der Waals surface area contributed by atoms with E-state index in [0.29, 0.717) is 18.3 Å². The van der Waals surface area contributed by atoms with Gasteiger partial charge in [0.2, 0.25) is 0 Å². The van der Waals surface area contributed by atoms with E-state index in [2.05, 4.69) is 15.9 Å². The van der Waals surface area contributed by atoms with Crippen LogP contribution in [0.15, 0.2) is 0 Å². The molecule has 16 heavy (non-hydrogen) atoms. The van der Waals surface area contributed by atoms with Gasteiger partial charge in [-0.05, 0) is 27.2 Å². The molecule has 0 aromatic heterocycles. The molecule has 0 aromatic carbocycles. The summed E-state index contributed by atoms with van der Waals surface area (Å²) in [4.78, 5) is 13.1. The number of likely N-dealkylation sites (tertiary alicyclic amines) is 1. The first-order valence-corrected chi connectivity index (χ1v) is 6.63. The Bertz CT molecular complexity index is 255. The molecular weight excluding hydrogens is 277 g/mol. The average Bonchev–Trinajstić information content (AvgIpc) is 2.15. The largest absolute Gasteiger partial charge is 0.444 e. The summed E-state index contributed by atoms with van der Waals surface area (Å²) in [6.07, 6.45) is -0.685. The molecular formula is C11H19BrFNO2. The molecule has 5 heteroatoms. The molecule has 1 amide bonds.